The highest BCUT2D eigenvalue weighted by atomic mass is 19.1. The van der Waals surface area contributed by atoms with E-state index in [4.69, 9.17) is 4.74 Å². The van der Waals surface area contributed by atoms with Gasteiger partial charge >= 0.3 is 0 Å². The third kappa shape index (κ3) is 1.59. The standard InChI is InChI=1S/C13H16FNO/c14-11-2-1-10-5-8-16-13(10)12(11)9-3-6-15-7-4-9/h1-2,9,15H,3-8H2. The molecule has 2 aliphatic rings. The summed E-state index contributed by atoms with van der Waals surface area (Å²) in [6.45, 7) is 2.66. The fourth-order valence-electron chi connectivity index (χ4n) is 2.74. The summed E-state index contributed by atoms with van der Waals surface area (Å²) in [7, 11) is 0. The van der Waals surface area contributed by atoms with Crippen LogP contribution in [0.3, 0.4) is 0 Å². The number of ether oxygens (including phenoxy) is 1. The van der Waals surface area contributed by atoms with Gasteiger partial charge < -0.3 is 10.1 Å². The van der Waals surface area contributed by atoms with E-state index in [1.54, 1.807) is 6.07 Å². The molecular formula is C13H16FNO. The lowest BCUT2D eigenvalue weighted by atomic mass is 9.88. The molecule has 1 aromatic carbocycles. The van der Waals surface area contributed by atoms with Crippen LogP contribution in [0.5, 0.6) is 5.75 Å². The van der Waals surface area contributed by atoms with Crippen molar-refractivity contribution in [1.82, 2.24) is 5.32 Å². The molecule has 2 nitrogen and oxygen atoms in total. The molecule has 2 heterocycles. The van der Waals surface area contributed by atoms with Crippen molar-refractivity contribution in [2.45, 2.75) is 25.2 Å². The third-order valence-electron chi connectivity index (χ3n) is 3.59. The van der Waals surface area contributed by atoms with Gasteiger partial charge in [0.25, 0.3) is 0 Å². The highest BCUT2D eigenvalue weighted by molar-refractivity contribution is 5.46. The van der Waals surface area contributed by atoms with Gasteiger partial charge in [-0.2, -0.15) is 0 Å². The molecule has 1 saturated heterocycles. The molecule has 3 rings (SSSR count). The molecule has 0 spiro atoms. The van der Waals surface area contributed by atoms with E-state index in [0.29, 0.717) is 12.5 Å². The predicted molar refractivity (Wildman–Crippen MR) is 60.4 cm³/mol. The second kappa shape index (κ2) is 4.06. The van der Waals surface area contributed by atoms with Crippen molar-refractivity contribution in [3.8, 4) is 5.75 Å². The largest absolute Gasteiger partial charge is 0.493 e. The maximum Gasteiger partial charge on any atom is 0.130 e. The Hall–Kier alpha value is -1.09. The number of rotatable bonds is 1. The maximum absolute atomic E-state index is 13.9. The van der Waals surface area contributed by atoms with Crippen molar-refractivity contribution in [2.24, 2.45) is 0 Å². The second-order valence-corrected chi connectivity index (χ2v) is 4.57. The molecule has 86 valence electrons. The molecule has 0 saturated carbocycles. The first kappa shape index (κ1) is 10.1. The van der Waals surface area contributed by atoms with Crippen LogP contribution in [0.2, 0.25) is 0 Å². The van der Waals surface area contributed by atoms with E-state index in [1.807, 2.05) is 6.07 Å². The summed E-state index contributed by atoms with van der Waals surface area (Å²) in [5.41, 5.74) is 2.01. The summed E-state index contributed by atoms with van der Waals surface area (Å²) in [6.07, 6.45) is 2.95. The zero-order valence-corrected chi connectivity index (χ0v) is 9.26. The average molecular weight is 221 g/mol. The Morgan fingerprint density at radius 1 is 1.25 bits per heavy atom. The predicted octanol–water partition coefficient (Wildman–Crippen LogP) is 2.23. The van der Waals surface area contributed by atoms with E-state index in [0.717, 1.165) is 43.7 Å². The average Bonchev–Trinajstić information content (AvgIpc) is 2.78. The minimum atomic E-state index is -0.0902. The van der Waals surface area contributed by atoms with Gasteiger partial charge in [0.1, 0.15) is 11.6 Å². The topological polar surface area (TPSA) is 21.3 Å². The molecule has 0 bridgehead atoms. The van der Waals surface area contributed by atoms with Gasteiger partial charge in [-0.3, -0.25) is 0 Å². The lowest BCUT2D eigenvalue weighted by Crippen LogP contribution is -2.27. The lowest BCUT2D eigenvalue weighted by molar-refractivity contribution is 0.341. The van der Waals surface area contributed by atoms with Crippen molar-refractivity contribution in [2.75, 3.05) is 19.7 Å². The Morgan fingerprint density at radius 2 is 2.06 bits per heavy atom. The van der Waals surface area contributed by atoms with Crippen molar-refractivity contribution in [3.63, 3.8) is 0 Å². The molecule has 2 aliphatic heterocycles. The normalized spacial score (nSPS) is 20.6. The van der Waals surface area contributed by atoms with E-state index in [9.17, 15) is 4.39 Å². The van der Waals surface area contributed by atoms with Gasteiger partial charge in [0.2, 0.25) is 0 Å². The van der Waals surface area contributed by atoms with Gasteiger partial charge in [0.05, 0.1) is 6.61 Å². The lowest BCUT2D eigenvalue weighted by Gasteiger charge is -2.24. The number of nitrogens with one attached hydrogen (secondary N) is 1. The summed E-state index contributed by atoms with van der Waals surface area (Å²) < 4.78 is 19.5. The number of piperidine rings is 1. The molecule has 16 heavy (non-hydrogen) atoms. The highest BCUT2D eigenvalue weighted by Crippen LogP contribution is 2.39. The quantitative estimate of drug-likeness (QED) is 0.785. The highest BCUT2D eigenvalue weighted by Gasteiger charge is 2.26. The molecular weight excluding hydrogens is 205 g/mol. The van der Waals surface area contributed by atoms with Crippen LogP contribution in [0.4, 0.5) is 4.39 Å². The van der Waals surface area contributed by atoms with Gasteiger partial charge in [0, 0.05) is 12.0 Å². The van der Waals surface area contributed by atoms with E-state index in [1.165, 1.54) is 5.56 Å². The Bertz CT molecular complexity index is 399. The van der Waals surface area contributed by atoms with Crippen LogP contribution < -0.4 is 10.1 Å². The Kier molecular flexibility index (Phi) is 2.56. The summed E-state index contributed by atoms with van der Waals surface area (Å²) in [5.74, 6) is 1.08. The SMILES string of the molecule is Fc1ccc2c(c1C1CCNCC1)OCC2. The molecule has 1 N–H and O–H groups in total. The van der Waals surface area contributed by atoms with Gasteiger partial charge in [-0.15, -0.1) is 0 Å². The maximum atomic E-state index is 13.9. The monoisotopic (exact) mass is 221 g/mol. The first-order valence-electron chi connectivity index (χ1n) is 6.01. The van der Waals surface area contributed by atoms with E-state index < -0.39 is 0 Å². The molecule has 0 radical (unpaired) electrons. The first-order chi connectivity index (χ1) is 7.86. The summed E-state index contributed by atoms with van der Waals surface area (Å²) >= 11 is 0. The van der Waals surface area contributed by atoms with E-state index in [-0.39, 0.29) is 5.82 Å². The second-order valence-electron chi connectivity index (χ2n) is 4.57. The van der Waals surface area contributed by atoms with E-state index >= 15 is 0 Å². The van der Waals surface area contributed by atoms with Gasteiger partial charge in [0.15, 0.2) is 0 Å². The zero-order valence-electron chi connectivity index (χ0n) is 9.26. The molecule has 3 heteroatoms. The molecule has 0 aromatic heterocycles. The van der Waals surface area contributed by atoms with Gasteiger partial charge in [-0.1, -0.05) is 6.07 Å². The Morgan fingerprint density at radius 3 is 2.88 bits per heavy atom. The zero-order chi connectivity index (χ0) is 11.0. The van der Waals surface area contributed by atoms with Crippen molar-refractivity contribution in [1.29, 1.82) is 0 Å². The first-order valence-corrected chi connectivity index (χ1v) is 6.01. The Labute approximate surface area is 94.8 Å². The molecule has 0 amide bonds. The molecule has 1 fully saturated rings. The summed E-state index contributed by atoms with van der Waals surface area (Å²) in [4.78, 5) is 0. The minimum absolute atomic E-state index is 0.0902. The third-order valence-corrected chi connectivity index (χ3v) is 3.59. The summed E-state index contributed by atoms with van der Waals surface area (Å²) in [6, 6.07) is 3.47. The number of hydrogen-bond donors (Lipinski definition) is 1. The van der Waals surface area contributed by atoms with Crippen molar-refractivity contribution >= 4 is 0 Å². The van der Waals surface area contributed by atoms with Crippen LogP contribution in [0.25, 0.3) is 0 Å². The van der Waals surface area contributed by atoms with E-state index in [2.05, 4.69) is 5.32 Å². The minimum Gasteiger partial charge on any atom is -0.493 e. The van der Waals surface area contributed by atoms with Crippen LogP contribution in [0, 0.1) is 5.82 Å². The van der Waals surface area contributed by atoms with Crippen LogP contribution >= 0.6 is 0 Å². The number of hydrogen-bond acceptors (Lipinski definition) is 2. The smallest absolute Gasteiger partial charge is 0.130 e. The van der Waals surface area contributed by atoms with Gasteiger partial charge in [-0.05, 0) is 43.5 Å². The fraction of sp³-hybridized carbons (Fsp3) is 0.538. The number of benzene rings is 1. The molecule has 1 aromatic rings. The van der Waals surface area contributed by atoms with Crippen LogP contribution in [0.15, 0.2) is 12.1 Å². The van der Waals surface area contributed by atoms with Crippen molar-refractivity contribution in [3.05, 3.63) is 29.1 Å². The van der Waals surface area contributed by atoms with Crippen LogP contribution in [-0.2, 0) is 6.42 Å². The van der Waals surface area contributed by atoms with Crippen molar-refractivity contribution < 1.29 is 9.13 Å². The molecule has 0 aliphatic carbocycles. The Balaban J connectivity index is 2.01. The fourth-order valence-corrected chi connectivity index (χ4v) is 2.74. The van der Waals surface area contributed by atoms with Gasteiger partial charge in [-0.25, -0.2) is 4.39 Å². The van der Waals surface area contributed by atoms with Crippen LogP contribution in [-0.4, -0.2) is 19.7 Å². The molecule has 0 unspecified atom stereocenters. The molecule has 0 atom stereocenters. The number of fused-ring (bicyclic) bond motifs is 1. The summed E-state index contributed by atoms with van der Waals surface area (Å²) in [5, 5.41) is 3.31. The van der Waals surface area contributed by atoms with Crippen LogP contribution in [0.1, 0.15) is 29.9 Å². The number of halogens is 1.